The van der Waals surface area contributed by atoms with E-state index in [1.807, 2.05) is 31.2 Å². The molecule has 9 heteroatoms. The summed E-state index contributed by atoms with van der Waals surface area (Å²) in [6.07, 6.45) is 5.76. The van der Waals surface area contributed by atoms with Crippen LogP contribution < -0.4 is 10.1 Å². The van der Waals surface area contributed by atoms with Gasteiger partial charge in [0, 0.05) is 30.9 Å². The number of hydrogen-bond donors (Lipinski definition) is 5. The van der Waals surface area contributed by atoms with Crippen molar-refractivity contribution in [1.29, 1.82) is 0 Å². The van der Waals surface area contributed by atoms with Crippen LogP contribution in [0.3, 0.4) is 0 Å². The van der Waals surface area contributed by atoms with E-state index < -0.39 is 11.7 Å². The van der Waals surface area contributed by atoms with E-state index in [0.717, 1.165) is 80.5 Å². The molecule has 1 aliphatic carbocycles. The number of benzene rings is 2. The summed E-state index contributed by atoms with van der Waals surface area (Å²) >= 11 is 0. The summed E-state index contributed by atoms with van der Waals surface area (Å²) in [6.45, 7) is 7.01. The zero-order valence-electron chi connectivity index (χ0n) is 25.8. The van der Waals surface area contributed by atoms with Crippen LogP contribution in [0.25, 0.3) is 0 Å². The number of aliphatic hydroxyl groups is 3. The summed E-state index contributed by atoms with van der Waals surface area (Å²) in [4.78, 5) is 0. The third kappa shape index (κ3) is 7.53. The van der Waals surface area contributed by atoms with Crippen molar-refractivity contribution in [2.75, 3.05) is 53.0 Å². The lowest BCUT2D eigenvalue weighted by Crippen LogP contribution is -2.65. The van der Waals surface area contributed by atoms with Crippen molar-refractivity contribution in [3.05, 3.63) is 59.2 Å². The van der Waals surface area contributed by atoms with Gasteiger partial charge in [0.25, 0.3) is 0 Å². The number of aromatic hydroxyl groups is 1. The van der Waals surface area contributed by atoms with Gasteiger partial charge in [-0.05, 0) is 61.1 Å². The Morgan fingerprint density at radius 1 is 1.05 bits per heavy atom. The van der Waals surface area contributed by atoms with Crippen molar-refractivity contribution in [2.24, 2.45) is 11.8 Å². The van der Waals surface area contributed by atoms with Crippen molar-refractivity contribution >= 4 is 0 Å². The van der Waals surface area contributed by atoms with Crippen LogP contribution in [-0.2, 0) is 21.7 Å². The van der Waals surface area contributed by atoms with Gasteiger partial charge in [0.1, 0.15) is 42.5 Å². The molecule has 4 aliphatic rings. The van der Waals surface area contributed by atoms with Crippen molar-refractivity contribution in [1.82, 2.24) is 5.32 Å². The van der Waals surface area contributed by atoms with Gasteiger partial charge in [-0.15, -0.1) is 0 Å². The molecule has 43 heavy (non-hydrogen) atoms. The van der Waals surface area contributed by atoms with Crippen LogP contribution in [0.1, 0.15) is 68.2 Å². The van der Waals surface area contributed by atoms with Crippen LogP contribution in [0.2, 0.25) is 0 Å². The monoisotopic (exact) mass is 599 g/mol. The lowest BCUT2D eigenvalue weighted by Gasteiger charge is -2.53. The van der Waals surface area contributed by atoms with E-state index in [0.29, 0.717) is 36.8 Å². The third-order valence-corrected chi connectivity index (χ3v) is 10.4. The van der Waals surface area contributed by atoms with Gasteiger partial charge in [-0.3, -0.25) is 5.32 Å². The van der Waals surface area contributed by atoms with E-state index in [2.05, 4.69) is 5.32 Å². The van der Waals surface area contributed by atoms with Gasteiger partial charge < -0.3 is 39.1 Å². The van der Waals surface area contributed by atoms with E-state index in [4.69, 9.17) is 14.2 Å². The number of phenols is 1. The molecule has 4 fully saturated rings. The summed E-state index contributed by atoms with van der Waals surface area (Å²) < 4.78 is 19.1. The first-order valence-electron chi connectivity index (χ1n) is 16.0. The summed E-state index contributed by atoms with van der Waals surface area (Å²) in [5.74, 6) is 1.56. The number of nitrogens with one attached hydrogen (secondary N) is 1. The highest BCUT2D eigenvalue weighted by Crippen LogP contribution is 2.43. The second-order valence-corrected chi connectivity index (χ2v) is 13.0. The van der Waals surface area contributed by atoms with E-state index in [9.17, 15) is 20.4 Å². The fourth-order valence-electron chi connectivity index (χ4n) is 7.50. The molecule has 0 radical (unpaired) electrons. The average molecular weight is 600 g/mol. The minimum atomic E-state index is -0.992. The number of methoxy groups -OCH3 is 1. The Hall–Kier alpha value is -2.24. The Bertz CT molecular complexity index is 1160. The Kier molecular flexibility index (Phi) is 10.7. The van der Waals surface area contributed by atoms with E-state index >= 15 is 0 Å². The molecular formula is C34H51N2O7+. The fourth-order valence-corrected chi connectivity index (χ4v) is 7.50. The topological polar surface area (TPSA) is 121 Å². The van der Waals surface area contributed by atoms with Crippen LogP contribution in [0.5, 0.6) is 11.5 Å². The van der Waals surface area contributed by atoms with Gasteiger partial charge >= 0.3 is 0 Å². The smallest absolute Gasteiger partial charge is 0.121 e. The maximum atomic E-state index is 12.1. The number of ether oxygens (including phenoxy) is 3. The maximum absolute atomic E-state index is 12.1. The summed E-state index contributed by atoms with van der Waals surface area (Å²) in [7, 11) is 1.66. The molecule has 0 aromatic heterocycles. The maximum Gasteiger partial charge on any atom is 0.121 e. The number of quaternary nitrogens is 1. The van der Waals surface area contributed by atoms with Gasteiger partial charge in [-0.1, -0.05) is 31.0 Å². The van der Waals surface area contributed by atoms with Crippen molar-refractivity contribution in [2.45, 2.75) is 76.1 Å². The van der Waals surface area contributed by atoms with E-state index in [1.54, 1.807) is 19.2 Å². The molecule has 2 bridgehead atoms. The van der Waals surface area contributed by atoms with Gasteiger partial charge in [-0.2, -0.15) is 0 Å². The average Bonchev–Trinajstić information content (AvgIpc) is 3.59. The fraction of sp³-hybridized carbons (Fsp3) is 0.647. The quantitative estimate of drug-likeness (QED) is 0.156. The number of piperidine rings is 3. The second kappa shape index (κ2) is 14.2. The molecule has 3 heterocycles. The van der Waals surface area contributed by atoms with Crippen LogP contribution in [0, 0.1) is 11.8 Å². The minimum Gasteiger partial charge on any atom is -0.508 e. The molecule has 238 valence electrons. The Morgan fingerprint density at radius 3 is 2.44 bits per heavy atom. The molecule has 4 atom stereocenters. The highest BCUT2D eigenvalue weighted by atomic mass is 16.5. The van der Waals surface area contributed by atoms with Gasteiger partial charge in [0.05, 0.1) is 46.1 Å². The predicted octanol–water partition coefficient (Wildman–Crippen LogP) is 3.58. The zero-order chi connectivity index (χ0) is 30.5. The molecule has 2 aromatic rings. The van der Waals surface area contributed by atoms with Crippen LogP contribution in [0.15, 0.2) is 42.5 Å². The summed E-state index contributed by atoms with van der Waals surface area (Å²) in [5, 5.41) is 45.0. The van der Waals surface area contributed by atoms with Gasteiger partial charge in [0.15, 0.2) is 0 Å². The number of fused-ring (bicyclic) bond motifs is 3. The van der Waals surface area contributed by atoms with Crippen LogP contribution >= 0.6 is 0 Å². The number of hydrogen-bond acceptors (Lipinski definition) is 8. The molecule has 1 saturated carbocycles. The van der Waals surface area contributed by atoms with Crippen molar-refractivity contribution in [3.8, 4) is 11.5 Å². The first-order chi connectivity index (χ1) is 20.7. The first-order valence-corrected chi connectivity index (χ1v) is 16.0. The Labute approximate surface area is 256 Å². The molecule has 0 amide bonds. The molecule has 1 unspecified atom stereocenters. The lowest BCUT2D eigenvalue weighted by atomic mass is 9.80. The molecule has 3 saturated heterocycles. The highest BCUT2D eigenvalue weighted by molar-refractivity contribution is 5.36. The molecular weight excluding hydrogens is 548 g/mol. The molecule has 9 nitrogen and oxygen atoms in total. The second-order valence-electron chi connectivity index (χ2n) is 13.0. The Balaban J connectivity index is 1.12. The van der Waals surface area contributed by atoms with Gasteiger partial charge in [0.2, 0.25) is 0 Å². The van der Waals surface area contributed by atoms with Crippen molar-refractivity contribution < 1.29 is 39.1 Å². The SMILES string of the molecule is COc1ccc([C@](O)(CO[C@H]2C[N+]3(CCOC(C)NC[C@H](O)c4ccc(O)c(CO)c4)CCC2CC3)C2CCCC2)cc1. The third-order valence-electron chi connectivity index (χ3n) is 10.4. The first kappa shape index (κ1) is 32.2. The Morgan fingerprint density at radius 2 is 1.77 bits per heavy atom. The number of rotatable bonds is 15. The standard InChI is InChI=1S/C34H50N2O7/c1-24(35-20-32(39)26-7-12-31(38)27(19-26)22-37)42-18-17-36-15-13-25(14-16-36)33(21-36)43-23-34(40,28-5-3-4-6-28)29-8-10-30(41-2)11-9-29/h7-12,19,24-25,28,32-33,35,37,39-40H,3-6,13-18,20-23H2,1-2H3/p+1/t24?,25?,32-,33-,34-,36?/m0/s1. The molecule has 2 aromatic carbocycles. The molecule has 6 rings (SSSR count). The predicted molar refractivity (Wildman–Crippen MR) is 163 cm³/mol. The lowest BCUT2D eigenvalue weighted by molar-refractivity contribution is -0.946. The van der Waals surface area contributed by atoms with E-state index in [-0.39, 0.29) is 30.6 Å². The molecule has 0 spiro atoms. The van der Waals surface area contributed by atoms with Gasteiger partial charge in [-0.25, -0.2) is 0 Å². The normalized spacial score (nSPS) is 26.7. The number of aliphatic hydroxyl groups excluding tert-OH is 2. The number of nitrogens with zero attached hydrogens (tertiary/aromatic N) is 1. The molecule has 5 N–H and O–H groups in total. The van der Waals surface area contributed by atoms with Crippen LogP contribution in [-0.4, -0.2) is 90.3 Å². The largest absolute Gasteiger partial charge is 0.508 e. The summed E-state index contributed by atoms with van der Waals surface area (Å²) in [6, 6.07) is 12.6. The zero-order valence-corrected chi connectivity index (χ0v) is 25.8. The molecule has 3 aliphatic heterocycles. The highest BCUT2D eigenvalue weighted by Gasteiger charge is 2.48. The van der Waals surface area contributed by atoms with Crippen molar-refractivity contribution in [3.63, 3.8) is 0 Å². The van der Waals surface area contributed by atoms with Crippen LogP contribution in [0.4, 0.5) is 0 Å². The van der Waals surface area contributed by atoms with E-state index in [1.165, 1.54) is 6.07 Å². The summed E-state index contributed by atoms with van der Waals surface area (Å²) in [5.41, 5.74) is 0.957. The minimum absolute atomic E-state index is 0.0201.